The minimum Gasteiger partial charge on any atom is -0.394 e. The molecule has 1 fully saturated rings. The van der Waals surface area contributed by atoms with E-state index < -0.39 is 23.4 Å². The van der Waals surface area contributed by atoms with E-state index in [4.69, 9.17) is 9.84 Å². The molecule has 0 saturated carbocycles. The second-order valence-electron chi connectivity index (χ2n) is 4.55. The van der Waals surface area contributed by atoms with Crippen LogP contribution < -0.4 is 5.32 Å². The summed E-state index contributed by atoms with van der Waals surface area (Å²) in [6, 6.07) is 4.79. The number of hydrogen-bond donors (Lipinski definition) is 3. The minimum atomic E-state index is -0.733. The van der Waals surface area contributed by atoms with Crippen molar-refractivity contribution in [1.82, 2.24) is 0 Å². The van der Waals surface area contributed by atoms with Gasteiger partial charge in [-0.1, -0.05) is 6.07 Å². The summed E-state index contributed by atoms with van der Waals surface area (Å²) < 4.78 is 5.38. The lowest BCUT2D eigenvalue weighted by molar-refractivity contribution is -0.385. The van der Waals surface area contributed by atoms with E-state index in [0.29, 0.717) is 17.7 Å². The van der Waals surface area contributed by atoms with Gasteiger partial charge in [-0.2, -0.15) is 0 Å². The molecule has 0 radical (unpaired) electrons. The van der Waals surface area contributed by atoms with Crippen LogP contribution in [-0.2, 0) is 4.74 Å². The molecule has 0 aromatic heterocycles. The van der Waals surface area contributed by atoms with Gasteiger partial charge in [0.15, 0.2) is 0 Å². The highest BCUT2D eigenvalue weighted by molar-refractivity contribution is 5.55. The SMILES string of the molecule is Cc1ccc(N[C@@H]2C[C@H](O)[C@H](CO)O2)cc1[N+](=O)[O-]. The van der Waals surface area contributed by atoms with E-state index in [2.05, 4.69) is 5.32 Å². The molecule has 1 aromatic carbocycles. The van der Waals surface area contributed by atoms with Gasteiger partial charge in [-0.25, -0.2) is 0 Å². The first-order valence-corrected chi connectivity index (χ1v) is 5.97. The van der Waals surface area contributed by atoms with E-state index >= 15 is 0 Å². The van der Waals surface area contributed by atoms with Crippen molar-refractivity contribution in [3.05, 3.63) is 33.9 Å². The number of ether oxygens (including phenoxy) is 1. The van der Waals surface area contributed by atoms with Crippen LogP contribution in [0.5, 0.6) is 0 Å². The maximum Gasteiger partial charge on any atom is 0.274 e. The molecule has 19 heavy (non-hydrogen) atoms. The lowest BCUT2D eigenvalue weighted by Gasteiger charge is -2.15. The predicted octanol–water partition coefficient (Wildman–Crippen LogP) is 0.783. The lowest BCUT2D eigenvalue weighted by Crippen LogP contribution is -2.25. The number of aliphatic hydroxyl groups excluding tert-OH is 2. The zero-order chi connectivity index (χ0) is 14.0. The second kappa shape index (κ2) is 5.52. The molecule has 1 saturated heterocycles. The molecule has 1 aromatic rings. The van der Waals surface area contributed by atoms with Crippen LogP contribution in [0.1, 0.15) is 12.0 Å². The number of nitrogens with one attached hydrogen (secondary N) is 1. The average molecular weight is 268 g/mol. The zero-order valence-corrected chi connectivity index (χ0v) is 10.4. The van der Waals surface area contributed by atoms with Gasteiger partial charge in [-0.15, -0.1) is 0 Å². The van der Waals surface area contributed by atoms with Gasteiger partial charge in [-0.05, 0) is 13.0 Å². The summed E-state index contributed by atoms with van der Waals surface area (Å²) in [7, 11) is 0. The van der Waals surface area contributed by atoms with Gasteiger partial charge in [0.2, 0.25) is 0 Å². The molecule has 3 N–H and O–H groups in total. The zero-order valence-electron chi connectivity index (χ0n) is 10.4. The maximum absolute atomic E-state index is 10.8. The third kappa shape index (κ3) is 3.01. The Bertz CT molecular complexity index is 479. The molecule has 3 atom stereocenters. The van der Waals surface area contributed by atoms with E-state index in [1.807, 2.05) is 0 Å². The van der Waals surface area contributed by atoms with Crippen molar-refractivity contribution in [2.75, 3.05) is 11.9 Å². The summed E-state index contributed by atoms with van der Waals surface area (Å²) >= 11 is 0. The van der Waals surface area contributed by atoms with Gasteiger partial charge in [-0.3, -0.25) is 10.1 Å². The molecule has 1 heterocycles. The number of nitro benzene ring substituents is 1. The van der Waals surface area contributed by atoms with Crippen molar-refractivity contribution in [2.45, 2.75) is 31.8 Å². The monoisotopic (exact) mass is 268 g/mol. The lowest BCUT2D eigenvalue weighted by atomic mass is 10.1. The molecule has 0 bridgehead atoms. The molecule has 0 unspecified atom stereocenters. The van der Waals surface area contributed by atoms with Gasteiger partial charge in [0.05, 0.1) is 17.6 Å². The highest BCUT2D eigenvalue weighted by Crippen LogP contribution is 2.26. The number of rotatable bonds is 4. The van der Waals surface area contributed by atoms with Gasteiger partial charge in [0.1, 0.15) is 12.3 Å². The molecule has 2 rings (SSSR count). The topological polar surface area (TPSA) is 105 Å². The summed E-state index contributed by atoms with van der Waals surface area (Å²) in [5.41, 5.74) is 1.16. The van der Waals surface area contributed by atoms with Crippen molar-refractivity contribution in [2.24, 2.45) is 0 Å². The third-order valence-corrected chi connectivity index (χ3v) is 3.14. The minimum absolute atomic E-state index is 0.0299. The van der Waals surface area contributed by atoms with Crippen LogP contribution in [0.4, 0.5) is 11.4 Å². The fourth-order valence-corrected chi connectivity index (χ4v) is 2.07. The van der Waals surface area contributed by atoms with Crippen LogP contribution >= 0.6 is 0 Å². The van der Waals surface area contributed by atoms with Crippen LogP contribution in [0.15, 0.2) is 18.2 Å². The maximum atomic E-state index is 10.8. The molecular formula is C12H16N2O5. The van der Waals surface area contributed by atoms with Crippen LogP contribution in [-0.4, -0.2) is 40.2 Å². The fraction of sp³-hybridized carbons (Fsp3) is 0.500. The first-order chi connectivity index (χ1) is 9.01. The Balaban J connectivity index is 2.08. The average Bonchev–Trinajstić information content (AvgIpc) is 2.71. The van der Waals surface area contributed by atoms with Gasteiger partial charge < -0.3 is 20.3 Å². The predicted molar refractivity (Wildman–Crippen MR) is 67.8 cm³/mol. The standard InChI is InChI=1S/C12H16N2O5/c1-7-2-3-8(4-9(7)14(17)18)13-12-5-10(16)11(6-15)19-12/h2-4,10-13,15-16H,5-6H2,1H3/t10-,11-,12-/m0/s1. The fourth-order valence-electron chi connectivity index (χ4n) is 2.07. The van der Waals surface area contributed by atoms with Crippen molar-refractivity contribution in [3.63, 3.8) is 0 Å². The Labute approximate surface area is 110 Å². The van der Waals surface area contributed by atoms with Crippen LogP contribution in [0.3, 0.4) is 0 Å². The number of aliphatic hydroxyl groups is 2. The summed E-state index contributed by atoms with van der Waals surface area (Å²) in [5, 5.41) is 32.4. The molecule has 0 spiro atoms. The Morgan fingerprint density at radius 2 is 2.32 bits per heavy atom. The number of nitrogens with zero attached hydrogens (tertiary/aromatic N) is 1. The van der Waals surface area contributed by atoms with E-state index in [1.165, 1.54) is 6.07 Å². The van der Waals surface area contributed by atoms with Gasteiger partial charge >= 0.3 is 0 Å². The number of hydrogen-bond acceptors (Lipinski definition) is 6. The summed E-state index contributed by atoms with van der Waals surface area (Å²) in [5.74, 6) is 0. The normalized spacial score (nSPS) is 26.4. The third-order valence-electron chi connectivity index (χ3n) is 3.14. The Morgan fingerprint density at radius 3 is 2.89 bits per heavy atom. The molecule has 7 heteroatoms. The highest BCUT2D eigenvalue weighted by atomic mass is 16.6. The number of anilines is 1. The van der Waals surface area contributed by atoms with Gasteiger partial charge in [0, 0.05) is 23.7 Å². The van der Waals surface area contributed by atoms with E-state index in [1.54, 1.807) is 19.1 Å². The van der Waals surface area contributed by atoms with Crippen molar-refractivity contribution in [1.29, 1.82) is 0 Å². The summed E-state index contributed by atoms with van der Waals surface area (Å²) in [6.07, 6.45) is -1.48. The smallest absolute Gasteiger partial charge is 0.274 e. The van der Waals surface area contributed by atoms with Crippen molar-refractivity contribution in [3.8, 4) is 0 Å². The summed E-state index contributed by atoms with van der Waals surface area (Å²) in [6.45, 7) is 1.41. The van der Waals surface area contributed by atoms with Crippen molar-refractivity contribution >= 4 is 11.4 Å². The number of nitro groups is 1. The molecule has 104 valence electrons. The molecule has 1 aliphatic rings. The molecule has 0 amide bonds. The summed E-state index contributed by atoms with van der Waals surface area (Å²) in [4.78, 5) is 10.4. The van der Waals surface area contributed by atoms with E-state index in [0.717, 1.165) is 0 Å². The van der Waals surface area contributed by atoms with Crippen LogP contribution in [0, 0.1) is 17.0 Å². The van der Waals surface area contributed by atoms with Crippen LogP contribution in [0.2, 0.25) is 0 Å². The van der Waals surface area contributed by atoms with E-state index in [-0.39, 0.29) is 12.3 Å². The largest absolute Gasteiger partial charge is 0.394 e. The Morgan fingerprint density at radius 1 is 1.58 bits per heavy atom. The first kappa shape index (κ1) is 13.7. The van der Waals surface area contributed by atoms with E-state index in [9.17, 15) is 15.2 Å². The Hall–Kier alpha value is -1.70. The first-order valence-electron chi connectivity index (χ1n) is 5.97. The quantitative estimate of drug-likeness (QED) is 0.550. The Kier molecular flexibility index (Phi) is 3.98. The number of aryl methyl sites for hydroxylation is 1. The highest BCUT2D eigenvalue weighted by Gasteiger charge is 2.33. The second-order valence-corrected chi connectivity index (χ2v) is 4.55. The van der Waals surface area contributed by atoms with Gasteiger partial charge in [0.25, 0.3) is 5.69 Å². The van der Waals surface area contributed by atoms with Crippen LogP contribution in [0.25, 0.3) is 0 Å². The van der Waals surface area contributed by atoms with Crippen molar-refractivity contribution < 1.29 is 19.9 Å². The molecule has 0 aliphatic carbocycles. The number of benzene rings is 1. The molecule has 7 nitrogen and oxygen atoms in total. The molecule has 1 aliphatic heterocycles. The molecular weight excluding hydrogens is 252 g/mol.